The van der Waals surface area contributed by atoms with E-state index < -0.39 is 155 Å². The highest BCUT2D eigenvalue weighted by Gasteiger charge is 2.85. The van der Waals surface area contributed by atoms with Gasteiger partial charge in [-0.1, -0.05) is 3.89 Å². The zero-order chi connectivity index (χ0) is 67.2. The lowest BCUT2D eigenvalue weighted by Crippen LogP contribution is -2.64. The molecule has 5 unspecified atom stereocenters. The van der Waals surface area contributed by atoms with Crippen LogP contribution in [0, 0.1) is 0 Å². The van der Waals surface area contributed by atoms with E-state index in [0.29, 0.717) is 0 Å². The summed E-state index contributed by atoms with van der Waals surface area (Å²) >= 11 is 0. The Hall–Kier alpha value is -4.91. The van der Waals surface area contributed by atoms with Crippen LogP contribution < -0.4 is 0 Å². The predicted molar refractivity (Wildman–Crippen MR) is 140 cm³/mol. The molecule has 57 heteroatoms. The summed E-state index contributed by atoms with van der Waals surface area (Å²) in [6, 6.07) is -3.97. The Morgan fingerprint density at radius 3 is 0.840 bits per heavy atom. The van der Waals surface area contributed by atoms with E-state index in [9.17, 15) is 219 Å². The minimum Gasteiger partial charge on any atom is -0.398 e. The highest BCUT2D eigenvalue weighted by molar-refractivity contribution is 7.87. The number of alkyl halides is 42. The van der Waals surface area contributed by atoms with Gasteiger partial charge in [0.05, 0.1) is 0 Å². The summed E-state index contributed by atoms with van der Waals surface area (Å²) in [7, 11) is -7.89. The average Bonchev–Trinajstić information content (AvgIpc) is 3.18. The van der Waals surface area contributed by atoms with Crippen molar-refractivity contribution in [3.63, 3.8) is 0 Å². The number of halogens is 46. The quantitative estimate of drug-likeness (QED) is 0.0457. The maximum absolute atomic E-state index is 13.8. The molecule has 0 spiro atoms. The Morgan fingerprint density at radius 1 is 0.358 bits per heavy atom. The number of hydrogen-bond acceptors (Lipinski definition) is 10. The highest BCUT2D eigenvalue weighted by atomic mass is 32.3. The van der Waals surface area contributed by atoms with Crippen molar-refractivity contribution in [2.24, 2.45) is 0 Å². The van der Waals surface area contributed by atoms with Crippen LogP contribution in [0.3, 0.4) is 0 Å². The van der Waals surface area contributed by atoms with Crippen molar-refractivity contribution in [3.8, 4) is 0 Å². The van der Waals surface area contributed by atoms with Gasteiger partial charge in [0.25, 0.3) is 0 Å². The van der Waals surface area contributed by atoms with Crippen LogP contribution in [0.25, 0.3) is 0 Å². The number of rotatable bonds is 17. The summed E-state index contributed by atoms with van der Waals surface area (Å²) in [5.74, 6) is -54.2. The van der Waals surface area contributed by atoms with Crippen LogP contribution >= 0.6 is 0 Å². The molecule has 0 aromatic rings. The number of carbonyl (C=O) groups is 2. The zero-order valence-electron chi connectivity index (χ0n) is 34.0. The highest BCUT2D eigenvalue weighted by Crippen LogP contribution is 2.56. The molecule has 0 N–H and O–H groups in total. The Labute approximate surface area is 404 Å². The minimum absolute atomic E-state index is 1.42. The Balaban J connectivity index is -0.00000126. The van der Waals surface area contributed by atoms with E-state index in [1.807, 2.05) is 14.5 Å². The van der Waals surface area contributed by atoms with Crippen LogP contribution in [-0.4, -0.2) is 141 Å². The maximum atomic E-state index is 13.8. The van der Waals surface area contributed by atoms with Gasteiger partial charge in [0, 0.05) is 0 Å². The van der Waals surface area contributed by atoms with Gasteiger partial charge >= 0.3 is 143 Å². The fourth-order valence-corrected chi connectivity index (χ4v) is 3.13. The first kappa shape index (κ1) is 80.3. The largest absolute Gasteiger partial charge is 0.471 e. The fraction of sp³-hybridized carbons (Fsp3) is 0.833. The number of hydrogen-bond donors (Lipinski definition) is 0. The second-order valence-corrected chi connectivity index (χ2v) is 14.0. The molecule has 0 radical (unpaired) electrons. The molecule has 0 aromatic heterocycles. The normalized spacial score (nSPS) is 17.8. The van der Waals surface area contributed by atoms with Crippen molar-refractivity contribution in [2.45, 2.75) is 121 Å². The van der Waals surface area contributed by atoms with E-state index in [0.717, 1.165) is 0 Å². The van der Waals surface area contributed by atoms with Gasteiger partial charge in [0.2, 0.25) is 12.3 Å². The van der Waals surface area contributed by atoms with Crippen molar-refractivity contribution in [1.29, 1.82) is 0 Å². The SMILES string of the molecule is FC(C(F)C(F)(F)C(F)(F)F)C(F)(F)F.O=C(OOC(=O)C(F)(OC(F)(F)C(F)(F)C(F)(F)F)C(F)(F)F)C(F)(OC(F)(F)C(F)(F)C(F)(F)F)C(F)(F)F.O=S(=O)(F)C(F)(F)C(F)(F)OC(F)(C(F)(F)F)C(F)(F)OC(F)=C(F)F. The molecule has 0 bridgehead atoms. The average molecular weight is 1360 g/mol. The second kappa shape index (κ2) is 23.3. The lowest BCUT2D eigenvalue weighted by molar-refractivity contribution is -0.510. The zero-order valence-corrected chi connectivity index (χ0v) is 34.8. The minimum atomic E-state index is -7.89. The predicted octanol–water partition coefficient (Wildman–Crippen LogP) is 13.8. The molecule has 0 aliphatic carbocycles. The van der Waals surface area contributed by atoms with Crippen LogP contribution in [0.4, 0.5) is 201 Å². The third-order valence-electron chi connectivity index (χ3n) is 6.74. The van der Waals surface area contributed by atoms with Crippen molar-refractivity contribution in [2.75, 3.05) is 0 Å². The van der Waals surface area contributed by atoms with Gasteiger partial charge in [-0.25, -0.2) is 28.1 Å². The molecular formula is C24H2F46O10S. The monoisotopic (exact) mass is 1360 g/mol. The molecule has 0 fully saturated rings. The summed E-state index contributed by atoms with van der Waals surface area (Å²) < 4.78 is 592. The molecule has 0 amide bonds. The van der Waals surface area contributed by atoms with E-state index in [4.69, 9.17) is 0 Å². The first-order valence-corrected chi connectivity index (χ1v) is 17.4. The van der Waals surface area contributed by atoms with E-state index >= 15 is 0 Å². The van der Waals surface area contributed by atoms with Gasteiger partial charge in [0.1, 0.15) is 0 Å². The molecule has 0 aliphatic heterocycles. The van der Waals surface area contributed by atoms with Gasteiger partial charge in [-0.05, 0) is 0 Å². The Morgan fingerprint density at radius 2 is 0.642 bits per heavy atom. The van der Waals surface area contributed by atoms with Gasteiger partial charge in [0.15, 0.2) is 0 Å². The molecule has 81 heavy (non-hydrogen) atoms. The molecule has 0 heterocycles. The van der Waals surface area contributed by atoms with Crippen LogP contribution in [0.1, 0.15) is 0 Å². The standard InChI is InChI=1S/C12F22O6.C7F14O4S.C5H2F10/c13-3(7(19,20)21,39-11(31,32)5(15,16)9(25,26)27)1(35)37-38-2(36)4(14,8(22,23)24)40-12(33,34)6(17,18)10(28,29)30;8-1(9)2(10)24-5(15,16)3(11,4(12,13)14)25-6(17,18)7(19,20)26(21,22)23;6-1(2(7)4(10,11)12)3(8,9)5(13,14)15/h;;1-2H. The molecule has 0 saturated carbocycles. The second-order valence-electron chi connectivity index (χ2n) is 12.6. The lowest BCUT2D eigenvalue weighted by atomic mass is 10.1. The maximum Gasteiger partial charge on any atom is 0.471 e. The van der Waals surface area contributed by atoms with Gasteiger partial charge in [-0.2, -0.15) is 197 Å². The van der Waals surface area contributed by atoms with E-state index in [-0.39, 0.29) is 0 Å². The van der Waals surface area contributed by atoms with Crippen molar-refractivity contribution in [3.05, 3.63) is 12.1 Å². The fourth-order valence-electron chi connectivity index (χ4n) is 2.81. The third-order valence-corrected chi connectivity index (χ3v) is 7.59. The van der Waals surface area contributed by atoms with Crippen LogP contribution in [0.15, 0.2) is 12.1 Å². The Kier molecular flexibility index (Phi) is 23.1. The van der Waals surface area contributed by atoms with Crippen molar-refractivity contribution in [1.82, 2.24) is 0 Å². The number of carbonyl (C=O) groups excluding carboxylic acids is 2. The summed E-state index contributed by atoms with van der Waals surface area (Å²) in [5, 5.41) is -7.38. The summed E-state index contributed by atoms with van der Waals surface area (Å²) in [4.78, 5) is 26.0. The molecule has 5 atom stereocenters. The van der Waals surface area contributed by atoms with E-state index in [2.05, 4.69) is 0 Å². The molecular weight excluding hydrogens is 1350 g/mol. The van der Waals surface area contributed by atoms with Crippen LogP contribution in [-0.2, 0) is 48.5 Å². The summed E-state index contributed by atoms with van der Waals surface area (Å²) in [6.07, 6.45) is -95.2. The van der Waals surface area contributed by atoms with Gasteiger partial charge < -0.3 is 4.74 Å². The van der Waals surface area contributed by atoms with Crippen LogP contribution in [0.2, 0.25) is 0 Å². The van der Waals surface area contributed by atoms with Gasteiger partial charge in [-0.15, -0.1) is 0 Å². The van der Waals surface area contributed by atoms with Gasteiger partial charge in [-0.3, -0.25) is 14.2 Å². The summed E-state index contributed by atoms with van der Waals surface area (Å²) in [5.41, 5.74) is 0. The first-order valence-electron chi connectivity index (χ1n) is 16.0. The van der Waals surface area contributed by atoms with E-state index in [1.165, 1.54) is 14.2 Å². The lowest BCUT2D eigenvalue weighted by Gasteiger charge is -2.36. The molecule has 0 saturated heterocycles. The van der Waals surface area contributed by atoms with Crippen LogP contribution in [0.5, 0.6) is 0 Å². The van der Waals surface area contributed by atoms with E-state index in [1.54, 1.807) is 0 Å². The van der Waals surface area contributed by atoms with Crippen molar-refractivity contribution < 1.29 is 248 Å². The molecule has 0 aromatic carbocycles. The first-order chi connectivity index (χ1) is 34.3. The third kappa shape index (κ3) is 16.9. The molecule has 0 rings (SSSR count). The molecule has 10 nitrogen and oxygen atoms in total. The molecule has 486 valence electrons. The number of ether oxygens (including phenoxy) is 4. The molecule has 0 aliphatic rings. The smallest absolute Gasteiger partial charge is 0.398 e. The van der Waals surface area contributed by atoms with Crippen molar-refractivity contribution >= 4 is 22.2 Å². The topological polar surface area (TPSA) is 124 Å². The Bertz CT molecular complexity index is 2200. The summed E-state index contributed by atoms with van der Waals surface area (Å²) in [6.45, 7) is 0.